The van der Waals surface area contributed by atoms with Gasteiger partial charge in [0.1, 0.15) is 11.6 Å². The molecule has 130 valence electrons. The normalized spacial score (nSPS) is 16.9. The molecule has 0 bridgehead atoms. The Hall–Kier alpha value is -1.80. The Balaban J connectivity index is 1.50. The van der Waals surface area contributed by atoms with Crippen LogP contribution in [0, 0.1) is 5.92 Å². The molecule has 0 saturated carbocycles. The molecule has 1 aliphatic heterocycles. The van der Waals surface area contributed by atoms with Gasteiger partial charge in [0, 0.05) is 51.8 Å². The third-order valence-corrected chi connectivity index (χ3v) is 5.44. The summed E-state index contributed by atoms with van der Waals surface area (Å²) >= 11 is 1.50. The Morgan fingerprint density at radius 3 is 3.08 bits per heavy atom. The fraction of sp³-hybridized carbons (Fsp3) is 0.625. The fourth-order valence-electron chi connectivity index (χ4n) is 2.95. The molecule has 0 saturated heterocycles. The fourth-order valence-corrected chi connectivity index (χ4v) is 3.78. The first-order chi connectivity index (χ1) is 11.6. The Kier molecular flexibility index (Phi) is 5.25. The summed E-state index contributed by atoms with van der Waals surface area (Å²) in [6.45, 7) is 6.35. The van der Waals surface area contributed by atoms with Gasteiger partial charge in [0.15, 0.2) is 5.13 Å². The molecule has 2 aromatic heterocycles. The van der Waals surface area contributed by atoms with Gasteiger partial charge in [0.25, 0.3) is 0 Å². The van der Waals surface area contributed by atoms with E-state index >= 15 is 0 Å². The van der Waals surface area contributed by atoms with Crippen molar-refractivity contribution in [3.63, 3.8) is 0 Å². The van der Waals surface area contributed by atoms with E-state index in [9.17, 15) is 4.79 Å². The van der Waals surface area contributed by atoms with Crippen LogP contribution in [-0.2, 0) is 30.7 Å². The molecule has 0 spiro atoms. The van der Waals surface area contributed by atoms with Gasteiger partial charge < -0.3 is 9.88 Å². The minimum Gasteiger partial charge on any atom is -0.315 e. The highest BCUT2D eigenvalue weighted by Crippen LogP contribution is 2.21. The minimum absolute atomic E-state index is 0.00235. The highest BCUT2D eigenvalue weighted by atomic mass is 32.1. The van der Waals surface area contributed by atoms with Gasteiger partial charge in [-0.25, -0.2) is 4.98 Å². The van der Waals surface area contributed by atoms with Gasteiger partial charge in [-0.05, 0) is 12.3 Å². The second kappa shape index (κ2) is 7.40. The number of aryl methyl sites for hydroxylation is 2. The lowest BCUT2D eigenvalue weighted by Gasteiger charge is -2.24. The highest BCUT2D eigenvalue weighted by Gasteiger charge is 2.22. The zero-order valence-corrected chi connectivity index (χ0v) is 15.3. The number of aromatic nitrogens is 4. The van der Waals surface area contributed by atoms with Crippen molar-refractivity contribution >= 4 is 22.4 Å². The van der Waals surface area contributed by atoms with Gasteiger partial charge in [-0.3, -0.25) is 9.69 Å². The van der Waals surface area contributed by atoms with Gasteiger partial charge in [-0.2, -0.15) is 0 Å². The number of hydrogen-bond donors (Lipinski definition) is 1. The monoisotopic (exact) mass is 348 g/mol. The summed E-state index contributed by atoms with van der Waals surface area (Å²) in [5, 5.41) is 14.8. The Labute approximate surface area is 146 Å². The Morgan fingerprint density at radius 2 is 2.33 bits per heavy atom. The van der Waals surface area contributed by atoms with E-state index in [1.165, 1.54) is 11.3 Å². The van der Waals surface area contributed by atoms with Crippen molar-refractivity contribution in [2.45, 2.75) is 46.2 Å². The van der Waals surface area contributed by atoms with Crippen LogP contribution in [-0.4, -0.2) is 39.2 Å². The Bertz CT molecular complexity index is 696. The summed E-state index contributed by atoms with van der Waals surface area (Å²) in [5.74, 6) is 2.81. The quantitative estimate of drug-likeness (QED) is 0.859. The van der Waals surface area contributed by atoms with Crippen molar-refractivity contribution in [1.82, 2.24) is 25.1 Å². The Morgan fingerprint density at radius 1 is 1.50 bits per heavy atom. The number of carbonyl (C=O) groups excluding carboxylic acids is 1. The maximum Gasteiger partial charge on any atom is 0.225 e. The van der Waals surface area contributed by atoms with Crippen LogP contribution in [0.1, 0.15) is 37.6 Å². The number of nitrogens with one attached hydrogen (secondary N) is 1. The average Bonchev–Trinajstić information content (AvgIpc) is 3.20. The predicted molar refractivity (Wildman–Crippen MR) is 94.1 cm³/mol. The summed E-state index contributed by atoms with van der Waals surface area (Å²) < 4.78 is 2.28. The highest BCUT2D eigenvalue weighted by molar-refractivity contribution is 7.14. The second-order valence-corrected chi connectivity index (χ2v) is 7.07. The number of anilines is 1. The molecule has 1 N–H and O–H groups in total. The molecular weight excluding hydrogens is 324 g/mol. The molecule has 3 rings (SSSR count). The number of hydrogen-bond acceptors (Lipinski definition) is 6. The number of rotatable bonds is 6. The molecule has 1 atom stereocenters. The van der Waals surface area contributed by atoms with Crippen LogP contribution in [0.15, 0.2) is 5.38 Å². The molecule has 1 aliphatic rings. The molecule has 8 heteroatoms. The first kappa shape index (κ1) is 17.0. The van der Waals surface area contributed by atoms with Crippen molar-refractivity contribution < 1.29 is 4.79 Å². The zero-order valence-electron chi connectivity index (χ0n) is 14.4. The van der Waals surface area contributed by atoms with E-state index in [2.05, 4.69) is 32.0 Å². The smallest absolute Gasteiger partial charge is 0.225 e. The minimum atomic E-state index is 0.00235. The third kappa shape index (κ3) is 3.64. The summed E-state index contributed by atoms with van der Waals surface area (Å²) in [6, 6.07) is 0. The number of thiazole rings is 1. The number of nitrogens with zero attached hydrogens (tertiary/aromatic N) is 5. The standard InChI is InChI=1S/C16H24N6OS/c1-4-14-19-20-15-6-5-12(9-22(14)15)7-17-8-13-10-24-16(18-13)21(3)11(2)23/h10,12,17H,4-9H2,1-3H3/t12-/m0/s1. The molecule has 0 aliphatic carbocycles. The molecule has 0 unspecified atom stereocenters. The van der Waals surface area contributed by atoms with E-state index in [-0.39, 0.29) is 5.91 Å². The average molecular weight is 348 g/mol. The van der Waals surface area contributed by atoms with E-state index in [0.29, 0.717) is 5.92 Å². The van der Waals surface area contributed by atoms with Crippen molar-refractivity contribution in [2.24, 2.45) is 5.92 Å². The number of carbonyl (C=O) groups is 1. The number of fused-ring (bicyclic) bond motifs is 1. The molecule has 2 aromatic rings. The van der Waals surface area contributed by atoms with E-state index in [0.717, 1.165) is 61.4 Å². The molecular formula is C16H24N6OS. The van der Waals surface area contributed by atoms with Crippen molar-refractivity contribution in [2.75, 3.05) is 18.5 Å². The van der Waals surface area contributed by atoms with Crippen LogP contribution < -0.4 is 10.2 Å². The summed E-state index contributed by atoms with van der Waals surface area (Å²) in [7, 11) is 1.75. The van der Waals surface area contributed by atoms with Crippen LogP contribution in [0.4, 0.5) is 5.13 Å². The van der Waals surface area contributed by atoms with E-state index < -0.39 is 0 Å². The lowest BCUT2D eigenvalue weighted by Crippen LogP contribution is -2.30. The SMILES string of the molecule is CCc1nnc2n1C[C@H](CNCc1csc(N(C)C(C)=O)n1)CC2. The topological polar surface area (TPSA) is 75.9 Å². The maximum absolute atomic E-state index is 11.4. The first-order valence-electron chi connectivity index (χ1n) is 8.38. The second-order valence-electron chi connectivity index (χ2n) is 6.23. The van der Waals surface area contributed by atoms with Crippen LogP contribution in [0.2, 0.25) is 0 Å². The third-order valence-electron chi connectivity index (χ3n) is 4.48. The summed E-state index contributed by atoms with van der Waals surface area (Å²) in [4.78, 5) is 17.5. The molecule has 24 heavy (non-hydrogen) atoms. The molecule has 3 heterocycles. The largest absolute Gasteiger partial charge is 0.315 e. The van der Waals surface area contributed by atoms with Gasteiger partial charge in [-0.1, -0.05) is 6.92 Å². The van der Waals surface area contributed by atoms with Gasteiger partial charge in [0.2, 0.25) is 5.91 Å². The van der Waals surface area contributed by atoms with Gasteiger partial charge >= 0.3 is 0 Å². The van der Waals surface area contributed by atoms with Gasteiger partial charge in [0.05, 0.1) is 5.69 Å². The lowest BCUT2D eigenvalue weighted by molar-refractivity contribution is -0.116. The molecule has 0 fully saturated rings. The molecule has 1 amide bonds. The number of amides is 1. The molecule has 0 radical (unpaired) electrons. The van der Waals surface area contributed by atoms with Crippen LogP contribution in [0.25, 0.3) is 0 Å². The maximum atomic E-state index is 11.4. The van der Waals surface area contributed by atoms with Gasteiger partial charge in [-0.15, -0.1) is 21.5 Å². The van der Waals surface area contributed by atoms with Crippen molar-refractivity contribution in [3.8, 4) is 0 Å². The van der Waals surface area contributed by atoms with E-state index in [1.54, 1.807) is 18.9 Å². The van der Waals surface area contributed by atoms with Crippen LogP contribution in [0.3, 0.4) is 0 Å². The van der Waals surface area contributed by atoms with Crippen LogP contribution >= 0.6 is 11.3 Å². The summed E-state index contributed by atoms with van der Waals surface area (Å²) in [5.41, 5.74) is 0.984. The van der Waals surface area contributed by atoms with E-state index in [4.69, 9.17) is 0 Å². The summed E-state index contributed by atoms with van der Waals surface area (Å²) in [6.07, 6.45) is 3.08. The molecule has 7 nitrogen and oxygen atoms in total. The molecule has 0 aromatic carbocycles. The lowest BCUT2D eigenvalue weighted by atomic mass is 9.99. The van der Waals surface area contributed by atoms with Crippen molar-refractivity contribution in [3.05, 3.63) is 22.7 Å². The zero-order chi connectivity index (χ0) is 17.1. The van der Waals surface area contributed by atoms with Crippen LogP contribution in [0.5, 0.6) is 0 Å². The van der Waals surface area contributed by atoms with E-state index in [1.807, 2.05) is 5.38 Å². The predicted octanol–water partition coefficient (Wildman–Crippen LogP) is 1.63. The van der Waals surface area contributed by atoms with Crippen molar-refractivity contribution in [1.29, 1.82) is 0 Å². The first-order valence-corrected chi connectivity index (χ1v) is 9.26.